The van der Waals surface area contributed by atoms with Crippen LogP contribution in [-0.4, -0.2) is 17.4 Å². The van der Waals surface area contributed by atoms with E-state index in [1.54, 1.807) is 42.5 Å². The number of aromatic nitrogens is 1. The van der Waals surface area contributed by atoms with Crippen molar-refractivity contribution in [3.05, 3.63) is 89.5 Å². The minimum absolute atomic E-state index is 0.272. The average molecular weight is 360 g/mol. The number of carbonyl (C=O) groups is 1. The number of para-hydroxylation sites is 1. The predicted molar refractivity (Wildman–Crippen MR) is 101 cm³/mol. The first kappa shape index (κ1) is 18.1. The molecule has 0 fully saturated rings. The van der Waals surface area contributed by atoms with Crippen LogP contribution < -0.4 is 10.6 Å². The van der Waals surface area contributed by atoms with E-state index >= 15 is 0 Å². The number of anilines is 2. The minimum Gasteiger partial charge on any atom is -0.354 e. The molecule has 5 nitrogen and oxygen atoms in total. The third-order valence-corrected chi connectivity index (χ3v) is 3.93. The predicted octanol–water partition coefficient (Wildman–Crippen LogP) is 3.81. The van der Waals surface area contributed by atoms with Crippen LogP contribution in [0.3, 0.4) is 0 Å². The molecule has 0 radical (unpaired) electrons. The Morgan fingerprint density at radius 3 is 2.67 bits per heavy atom. The Morgan fingerprint density at radius 2 is 1.89 bits per heavy atom. The number of hydrogen-bond acceptors (Lipinski definition) is 4. The number of amides is 1. The Labute approximate surface area is 156 Å². The van der Waals surface area contributed by atoms with Crippen molar-refractivity contribution in [1.29, 1.82) is 5.26 Å². The Kier molecular flexibility index (Phi) is 5.75. The second-order valence-electron chi connectivity index (χ2n) is 5.84. The van der Waals surface area contributed by atoms with Gasteiger partial charge in [0.1, 0.15) is 17.6 Å². The number of nitriles is 1. The zero-order chi connectivity index (χ0) is 19.1. The van der Waals surface area contributed by atoms with Gasteiger partial charge in [0.05, 0.1) is 11.3 Å². The fraction of sp³-hybridized carbons (Fsp3) is 0.0952. The highest BCUT2D eigenvalue weighted by atomic mass is 19.1. The van der Waals surface area contributed by atoms with Crippen molar-refractivity contribution in [3.8, 4) is 6.07 Å². The molecule has 6 heteroatoms. The van der Waals surface area contributed by atoms with Crippen LogP contribution >= 0.6 is 0 Å². The van der Waals surface area contributed by atoms with Gasteiger partial charge in [-0.15, -0.1) is 0 Å². The highest BCUT2D eigenvalue weighted by Crippen LogP contribution is 2.20. The van der Waals surface area contributed by atoms with E-state index in [1.807, 2.05) is 6.07 Å². The Balaban J connectivity index is 1.61. The Morgan fingerprint density at radius 1 is 1.11 bits per heavy atom. The highest BCUT2D eigenvalue weighted by Gasteiger charge is 2.09. The summed E-state index contributed by atoms with van der Waals surface area (Å²) < 4.78 is 12.9. The van der Waals surface area contributed by atoms with Crippen LogP contribution in [0.1, 0.15) is 21.6 Å². The molecule has 27 heavy (non-hydrogen) atoms. The van der Waals surface area contributed by atoms with Crippen molar-refractivity contribution in [2.75, 3.05) is 11.9 Å². The van der Waals surface area contributed by atoms with Gasteiger partial charge >= 0.3 is 0 Å². The molecule has 0 bridgehead atoms. The molecule has 0 spiro atoms. The number of pyridine rings is 1. The van der Waals surface area contributed by atoms with Crippen LogP contribution in [0.5, 0.6) is 0 Å². The van der Waals surface area contributed by atoms with E-state index in [0.717, 1.165) is 5.56 Å². The van der Waals surface area contributed by atoms with Gasteiger partial charge in [-0.2, -0.15) is 5.26 Å². The van der Waals surface area contributed by atoms with Gasteiger partial charge in [0.25, 0.3) is 5.91 Å². The number of hydrogen-bond donors (Lipinski definition) is 2. The third kappa shape index (κ3) is 4.89. The SMILES string of the molecule is N#Cc1ccccc1Nc1ccnc(C(=O)NCCc2ccc(F)cc2)c1. The molecule has 0 atom stereocenters. The number of nitrogens with one attached hydrogen (secondary N) is 2. The maximum absolute atomic E-state index is 12.9. The first-order valence-electron chi connectivity index (χ1n) is 8.40. The molecule has 3 aromatic rings. The van der Waals surface area contributed by atoms with E-state index in [9.17, 15) is 9.18 Å². The Bertz CT molecular complexity index is 980. The van der Waals surface area contributed by atoms with Crippen LogP contribution in [0.25, 0.3) is 0 Å². The standard InChI is InChI=1S/C21H17FN4O/c22-17-7-5-15(6-8-17)9-11-25-21(27)20-13-18(10-12-24-20)26-19-4-2-1-3-16(19)14-23/h1-8,10,12-13H,9,11H2,(H,24,26)(H,25,27). The average Bonchev–Trinajstić information content (AvgIpc) is 2.70. The smallest absolute Gasteiger partial charge is 0.269 e. The first-order chi connectivity index (χ1) is 13.2. The second kappa shape index (κ2) is 8.59. The zero-order valence-corrected chi connectivity index (χ0v) is 14.4. The summed E-state index contributed by atoms with van der Waals surface area (Å²) in [6, 6.07) is 18.8. The summed E-state index contributed by atoms with van der Waals surface area (Å²) in [5, 5.41) is 15.1. The summed E-state index contributed by atoms with van der Waals surface area (Å²) in [5.41, 5.74) is 3.05. The molecule has 134 valence electrons. The molecule has 0 saturated carbocycles. The monoisotopic (exact) mass is 360 g/mol. The lowest BCUT2D eigenvalue weighted by atomic mass is 10.1. The van der Waals surface area contributed by atoms with Crippen LogP contribution in [-0.2, 0) is 6.42 Å². The number of halogens is 1. The fourth-order valence-corrected chi connectivity index (χ4v) is 2.54. The molecule has 0 aliphatic carbocycles. The van der Waals surface area contributed by atoms with Gasteiger partial charge in [0.15, 0.2) is 0 Å². The third-order valence-electron chi connectivity index (χ3n) is 3.93. The van der Waals surface area contributed by atoms with Gasteiger partial charge in [-0.25, -0.2) is 4.39 Å². The van der Waals surface area contributed by atoms with Crippen molar-refractivity contribution >= 4 is 17.3 Å². The quantitative estimate of drug-likeness (QED) is 0.701. The highest BCUT2D eigenvalue weighted by molar-refractivity contribution is 5.93. The molecule has 1 amide bonds. The number of carbonyl (C=O) groups excluding carboxylic acids is 1. The summed E-state index contributed by atoms with van der Waals surface area (Å²) in [7, 11) is 0. The summed E-state index contributed by atoms with van der Waals surface area (Å²) in [4.78, 5) is 16.4. The van der Waals surface area contributed by atoms with Crippen LogP contribution in [0.4, 0.5) is 15.8 Å². The van der Waals surface area contributed by atoms with Gasteiger partial charge in [-0.05, 0) is 48.4 Å². The van der Waals surface area contributed by atoms with Gasteiger partial charge in [0, 0.05) is 18.4 Å². The lowest BCUT2D eigenvalue weighted by Crippen LogP contribution is -2.26. The second-order valence-corrected chi connectivity index (χ2v) is 5.84. The van der Waals surface area contributed by atoms with Gasteiger partial charge in [0.2, 0.25) is 0 Å². The van der Waals surface area contributed by atoms with Crippen LogP contribution in [0.2, 0.25) is 0 Å². The molecule has 2 aromatic carbocycles. The summed E-state index contributed by atoms with van der Waals surface area (Å²) in [6.45, 7) is 0.418. The molecular weight excluding hydrogens is 343 g/mol. The normalized spacial score (nSPS) is 10.1. The molecule has 0 saturated heterocycles. The number of nitrogens with zero attached hydrogens (tertiary/aromatic N) is 2. The molecule has 0 aliphatic rings. The summed E-state index contributed by atoms with van der Waals surface area (Å²) >= 11 is 0. The van der Waals surface area contributed by atoms with E-state index in [2.05, 4.69) is 21.7 Å². The van der Waals surface area contributed by atoms with Crippen molar-refractivity contribution in [2.45, 2.75) is 6.42 Å². The van der Waals surface area contributed by atoms with Crippen molar-refractivity contribution < 1.29 is 9.18 Å². The number of benzene rings is 2. The van der Waals surface area contributed by atoms with Crippen LogP contribution in [0.15, 0.2) is 66.9 Å². The van der Waals surface area contributed by atoms with Crippen molar-refractivity contribution in [1.82, 2.24) is 10.3 Å². The topological polar surface area (TPSA) is 77.8 Å². The van der Waals surface area contributed by atoms with Gasteiger partial charge in [-0.3, -0.25) is 9.78 Å². The molecule has 2 N–H and O–H groups in total. The van der Waals surface area contributed by atoms with Crippen LogP contribution in [0, 0.1) is 17.1 Å². The Hall–Kier alpha value is -3.72. The largest absolute Gasteiger partial charge is 0.354 e. The van der Waals surface area contributed by atoms with E-state index < -0.39 is 0 Å². The van der Waals surface area contributed by atoms with E-state index in [0.29, 0.717) is 29.9 Å². The maximum Gasteiger partial charge on any atom is 0.269 e. The fourth-order valence-electron chi connectivity index (χ4n) is 2.54. The van der Waals surface area contributed by atoms with Crippen molar-refractivity contribution in [2.24, 2.45) is 0 Å². The van der Waals surface area contributed by atoms with E-state index in [1.165, 1.54) is 18.3 Å². The van der Waals surface area contributed by atoms with Gasteiger partial charge < -0.3 is 10.6 Å². The zero-order valence-electron chi connectivity index (χ0n) is 14.4. The van der Waals surface area contributed by atoms with E-state index in [4.69, 9.17) is 5.26 Å². The van der Waals surface area contributed by atoms with E-state index in [-0.39, 0.29) is 17.4 Å². The molecule has 1 aromatic heterocycles. The molecular formula is C21H17FN4O. The first-order valence-corrected chi connectivity index (χ1v) is 8.40. The molecule has 0 unspecified atom stereocenters. The molecule has 3 rings (SSSR count). The number of rotatable bonds is 6. The molecule has 0 aliphatic heterocycles. The van der Waals surface area contributed by atoms with Gasteiger partial charge in [-0.1, -0.05) is 24.3 Å². The summed E-state index contributed by atoms with van der Waals surface area (Å²) in [5.74, 6) is -0.580. The lowest BCUT2D eigenvalue weighted by molar-refractivity contribution is 0.0949. The minimum atomic E-state index is -0.297. The lowest BCUT2D eigenvalue weighted by Gasteiger charge is -2.09. The summed E-state index contributed by atoms with van der Waals surface area (Å²) in [6.07, 6.45) is 2.13. The van der Waals surface area contributed by atoms with Crippen molar-refractivity contribution in [3.63, 3.8) is 0 Å². The maximum atomic E-state index is 12.9. The molecule has 1 heterocycles.